The van der Waals surface area contributed by atoms with E-state index < -0.39 is 0 Å². The van der Waals surface area contributed by atoms with Crippen LogP contribution in [0.3, 0.4) is 0 Å². The molecule has 0 radical (unpaired) electrons. The van der Waals surface area contributed by atoms with Crippen molar-refractivity contribution in [3.63, 3.8) is 0 Å². The first kappa shape index (κ1) is 9.01. The molecule has 1 unspecified atom stereocenters. The summed E-state index contributed by atoms with van der Waals surface area (Å²) in [6.45, 7) is 2.70. The van der Waals surface area contributed by atoms with E-state index in [-0.39, 0.29) is 6.10 Å². The summed E-state index contributed by atoms with van der Waals surface area (Å²) in [6.07, 6.45) is 5.78. The number of hydrogen-bond donors (Lipinski definition) is 2. The number of aliphatic hydroxyl groups is 1. The smallest absolute Gasteiger partial charge is 0.0568 e. The Morgan fingerprint density at radius 1 is 1.45 bits per heavy atom. The monoisotopic (exact) mass is 157 g/mol. The highest BCUT2D eigenvalue weighted by Crippen LogP contribution is 2.52. The summed E-state index contributed by atoms with van der Waals surface area (Å²) >= 11 is 0. The number of unbranched alkanes of at least 4 members (excludes halogenated alkanes) is 1. The molecule has 0 bridgehead atoms. The predicted molar refractivity (Wildman–Crippen MR) is 46.3 cm³/mol. The Morgan fingerprint density at radius 3 is 2.45 bits per heavy atom. The molecule has 0 spiro atoms. The van der Waals surface area contributed by atoms with Crippen LogP contribution in [0.5, 0.6) is 0 Å². The van der Waals surface area contributed by atoms with Gasteiger partial charge in [-0.2, -0.15) is 0 Å². The zero-order chi connectivity index (χ0) is 8.32. The van der Waals surface area contributed by atoms with Gasteiger partial charge in [0.05, 0.1) is 6.10 Å². The highest BCUT2D eigenvalue weighted by Gasteiger charge is 2.45. The van der Waals surface area contributed by atoms with Crippen molar-refractivity contribution in [2.75, 3.05) is 6.54 Å². The second kappa shape index (κ2) is 3.55. The molecule has 0 heterocycles. The molecule has 3 N–H and O–H groups in total. The van der Waals surface area contributed by atoms with E-state index in [1.54, 1.807) is 0 Å². The van der Waals surface area contributed by atoms with E-state index >= 15 is 0 Å². The van der Waals surface area contributed by atoms with Crippen molar-refractivity contribution >= 4 is 0 Å². The molecule has 0 amide bonds. The summed E-state index contributed by atoms with van der Waals surface area (Å²) in [4.78, 5) is 0. The van der Waals surface area contributed by atoms with E-state index in [2.05, 4.69) is 0 Å². The van der Waals surface area contributed by atoms with E-state index in [0.29, 0.717) is 5.41 Å². The Bertz CT molecular complexity index is 119. The molecule has 1 saturated carbocycles. The topological polar surface area (TPSA) is 46.2 Å². The summed E-state index contributed by atoms with van der Waals surface area (Å²) < 4.78 is 0. The fourth-order valence-electron chi connectivity index (χ4n) is 1.66. The lowest BCUT2D eigenvalue weighted by molar-refractivity contribution is 0.103. The summed E-state index contributed by atoms with van der Waals surface area (Å²) in [5.41, 5.74) is 5.69. The normalized spacial score (nSPS) is 23.2. The number of nitrogens with two attached hydrogens (primary N) is 1. The quantitative estimate of drug-likeness (QED) is 0.590. The molecule has 0 aromatic heterocycles. The minimum atomic E-state index is -0.111. The van der Waals surface area contributed by atoms with Gasteiger partial charge < -0.3 is 10.8 Å². The molecule has 66 valence electrons. The third-order valence-corrected chi connectivity index (χ3v) is 2.91. The van der Waals surface area contributed by atoms with Crippen LogP contribution in [0.15, 0.2) is 0 Å². The Labute approximate surface area is 68.8 Å². The molecule has 11 heavy (non-hydrogen) atoms. The maximum atomic E-state index is 9.41. The number of rotatable bonds is 5. The van der Waals surface area contributed by atoms with Gasteiger partial charge in [0.2, 0.25) is 0 Å². The molecule has 0 saturated heterocycles. The van der Waals surface area contributed by atoms with E-state index in [4.69, 9.17) is 5.73 Å². The molecule has 0 aliphatic heterocycles. The van der Waals surface area contributed by atoms with Gasteiger partial charge in [0.25, 0.3) is 0 Å². The van der Waals surface area contributed by atoms with Crippen LogP contribution >= 0.6 is 0 Å². The van der Waals surface area contributed by atoms with Crippen molar-refractivity contribution < 1.29 is 5.11 Å². The molecule has 1 rings (SSSR count). The van der Waals surface area contributed by atoms with Crippen LogP contribution in [0.2, 0.25) is 0 Å². The third-order valence-electron chi connectivity index (χ3n) is 2.91. The second-order valence-corrected chi connectivity index (χ2v) is 3.78. The maximum absolute atomic E-state index is 9.41. The summed E-state index contributed by atoms with van der Waals surface area (Å²) in [5.74, 6) is 0. The van der Waals surface area contributed by atoms with Crippen molar-refractivity contribution in [2.24, 2.45) is 11.1 Å². The van der Waals surface area contributed by atoms with Crippen LogP contribution in [0, 0.1) is 5.41 Å². The average Bonchev–Trinajstić information content (AvgIpc) is 2.70. The summed E-state index contributed by atoms with van der Waals surface area (Å²) in [6, 6.07) is 0. The van der Waals surface area contributed by atoms with Gasteiger partial charge in [-0.15, -0.1) is 0 Å². The largest absolute Gasteiger partial charge is 0.393 e. The van der Waals surface area contributed by atoms with Crippen molar-refractivity contribution in [2.45, 2.75) is 45.1 Å². The van der Waals surface area contributed by atoms with Gasteiger partial charge in [-0.3, -0.25) is 0 Å². The lowest BCUT2D eigenvalue weighted by atomic mass is 9.94. The van der Waals surface area contributed by atoms with Crippen molar-refractivity contribution in [3.05, 3.63) is 0 Å². The van der Waals surface area contributed by atoms with E-state index in [0.717, 1.165) is 13.0 Å². The summed E-state index contributed by atoms with van der Waals surface area (Å²) in [5, 5.41) is 9.41. The Balaban J connectivity index is 2.14. The van der Waals surface area contributed by atoms with Gasteiger partial charge in [0.15, 0.2) is 0 Å². The fraction of sp³-hybridized carbons (Fsp3) is 1.00. The minimum absolute atomic E-state index is 0.111. The van der Waals surface area contributed by atoms with Crippen molar-refractivity contribution in [3.8, 4) is 0 Å². The van der Waals surface area contributed by atoms with Crippen LogP contribution in [-0.4, -0.2) is 17.8 Å². The molecule has 0 aromatic rings. The van der Waals surface area contributed by atoms with Crippen LogP contribution in [-0.2, 0) is 0 Å². The zero-order valence-electron chi connectivity index (χ0n) is 7.34. The number of aliphatic hydroxyl groups excluding tert-OH is 1. The van der Waals surface area contributed by atoms with Gasteiger partial charge in [-0.25, -0.2) is 0 Å². The Hall–Kier alpha value is -0.0800. The van der Waals surface area contributed by atoms with Gasteiger partial charge in [0.1, 0.15) is 0 Å². The molecule has 2 heteroatoms. The highest BCUT2D eigenvalue weighted by atomic mass is 16.3. The van der Waals surface area contributed by atoms with Gasteiger partial charge in [0, 0.05) is 0 Å². The predicted octanol–water partition coefficient (Wildman–Crippen LogP) is 1.28. The standard InChI is InChI=1S/C9H19NO/c1-8(11)9(5-6-9)4-2-3-7-10/h8,11H,2-7,10H2,1H3. The first-order chi connectivity index (χ1) is 5.21. The molecule has 0 aromatic carbocycles. The third kappa shape index (κ3) is 2.17. The van der Waals surface area contributed by atoms with Gasteiger partial charge in [-0.1, -0.05) is 6.42 Å². The number of hydrogen-bond acceptors (Lipinski definition) is 2. The van der Waals surface area contributed by atoms with E-state index in [9.17, 15) is 5.11 Å². The molecule has 1 fully saturated rings. The molecule has 1 atom stereocenters. The van der Waals surface area contributed by atoms with E-state index in [1.165, 1.54) is 25.7 Å². The Kier molecular flexibility index (Phi) is 2.90. The van der Waals surface area contributed by atoms with Crippen molar-refractivity contribution in [1.29, 1.82) is 0 Å². The highest BCUT2D eigenvalue weighted by molar-refractivity contribution is 4.96. The van der Waals surface area contributed by atoms with Crippen LogP contribution in [0.4, 0.5) is 0 Å². The van der Waals surface area contributed by atoms with Crippen LogP contribution in [0.25, 0.3) is 0 Å². The lowest BCUT2D eigenvalue weighted by Gasteiger charge is -2.17. The molecule has 1 aliphatic rings. The first-order valence-corrected chi connectivity index (χ1v) is 4.59. The second-order valence-electron chi connectivity index (χ2n) is 3.78. The SMILES string of the molecule is CC(O)C1(CCCCN)CC1. The van der Waals surface area contributed by atoms with Crippen molar-refractivity contribution in [1.82, 2.24) is 0 Å². The maximum Gasteiger partial charge on any atom is 0.0568 e. The zero-order valence-corrected chi connectivity index (χ0v) is 7.34. The van der Waals surface area contributed by atoms with E-state index in [1.807, 2.05) is 6.92 Å². The molecular weight excluding hydrogens is 138 g/mol. The van der Waals surface area contributed by atoms with Gasteiger partial charge >= 0.3 is 0 Å². The lowest BCUT2D eigenvalue weighted by Crippen LogP contribution is -2.18. The van der Waals surface area contributed by atoms with Gasteiger partial charge in [-0.05, 0) is 44.6 Å². The average molecular weight is 157 g/mol. The summed E-state index contributed by atoms with van der Waals surface area (Å²) in [7, 11) is 0. The fourth-order valence-corrected chi connectivity index (χ4v) is 1.66. The molecular formula is C9H19NO. The molecule has 2 nitrogen and oxygen atoms in total. The molecule has 1 aliphatic carbocycles. The van der Waals surface area contributed by atoms with Crippen LogP contribution < -0.4 is 5.73 Å². The minimum Gasteiger partial charge on any atom is -0.393 e. The van der Waals surface area contributed by atoms with Crippen LogP contribution in [0.1, 0.15) is 39.0 Å². The first-order valence-electron chi connectivity index (χ1n) is 4.59. The Morgan fingerprint density at radius 2 is 2.09 bits per heavy atom.